The molecule has 0 bridgehead atoms. The maximum atomic E-state index is 11.5. The summed E-state index contributed by atoms with van der Waals surface area (Å²) >= 11 is 0. The molecule has 0 aliphatic heterocycles. The summed E-state index contributed by atoms with van der Waals surface area (Å²) in [6, 6.07) is 7.37. The summed E-state index contributed by atoms with van der Waals surface area (Å²) in [5.41, 5.74) is 6.24. The van der Waals surface area contributed by atoms with Crippen molar-refractivity contribution < 1.29 is 9.59 Å². The average molecular weight is 202 g/mol. The highest BCUT2D eigenvalue weighted by Crippen LogP contribution is 2.20. The number of primary amides is 1. The van der Waals surface area contributed by atoms with Crippen molar-refractivity contribution in [3.63, 3.8) is 0 Å². The molecule has 0 aliphatic rings. The highest BCUT2D eigenvalue weighted by Gasteiger charge is 2.17. The van der Waals surface area contributed by atoms with Gasteiger partial charge in [-0.2, -0.15) is 0 Å². The molecule has 0 unspecified atom stereocenters. The van der Waals surface area contributed by atoms with Crippen LogP contribution < -0.4 is 5.73 Å². The first-order chi connectivity index (χ1) is 7.11. The zero-order valence-corrected chi connectivity index (χ0v) is 8.23. The fourth-order valence-corrected chi connectivity index (χ4v) is 1.66. The van der Waals surface area contributed by atoms with Crippen molar-refractivity contribution in [1.82, 2.24) is 4.57 Å². The molecule has 1 amide bonds. The van der Waals surface area contributed by atoms with Crippen molar-refractivity contribution in [3.05, 3.63) is 36.0 Å². The first-order valence-electron chi connectivity index (χ1n) is 4.49. The second kappa shape index (κ2) is 3.24. The van der Waals surface area contributed by atoms with Crippen LogP contribution in [0, 0.1) is 0 Å². The first-order valence-corrected chi connectivity index (χ1v) is 4.49. The Morgan fingerprint density at radius 3 is 2.60 bits per heavy atom. The molecule has 76 valence electrons. The number of nitrogens with zero attached hydrogens (tertiary/aromatic N) is 1. The Hall–Kier alpha value is -2.10. The molecule has 0 spiro atoms. The van der Waals surface area contributed by atoms with Crippen LogP contribution in [0.4, 0.5) is 0 Å². The Morgan fingerprint density at radius 1 is 1.27 bits per heavy atom. The highest BCUT2D eigenvalue weighted by molar-refractivity contribution is 6.44. The topological polar surface area (TPSA) is 65.1 Å². The summed E-state index contributed by atoms with van der Waals surface area (Å²) in [6.07, 6.45) is 1.62. The molecule has 0 fully saturated rings. The monoisotopic (exact) mass is 202 g/mol. The van der Waals surface area contributed by atoms with Gasteiger partial charge < -0.3 is 10.3 Å². The van der Waals surface area contributed by atoms with E-state index in [2.05, 4.69) is 0 Å². The number of hydrogen-bond donors (Lipinski definition) is 1. The van der Waals surface area contributed by atoms with Gasteiger partial charge in [-0.3, -0.25) is 9.59 Å². The van der Waals surface area contributed by atoms with Gasteiger partial charge in [0.05, 0.1) is 5.56 Å². The Morgan fingerprint density at radius 2 is 1.93 bits per heavy atom. The van der Waals surface area contributed by atoms with Gasteiger partial charge in [-0.25, -0.2) is 0 Å². The number of benzene rings is 1. The molecule has 4 heteroatoms. The molecular weight excluding hydrogens is 192 g/mol. The lowest BCUT2D eigenvalue weighted by molar-refractivity contribution is -0.114. The molecule has 0 radical (unpaired) electrons. The number of carbonyl (C=O) groups excluding carboxylic acids is 2. The summed E-state index contributed by atoms with van der Waals surface area (Å²) in [5, 5.41) is 0.754. The maximum absolute atomic E-state index is 11.5. The van der Waals surface area contributed by atoms with Crippen LogP contribution >= 0.6 is 0 Å². The number of aromatic nitrogens is 1. The van der Waals surface area contributed by atoms with Gasteiger partial charge in [0.25, 0.3) is 11.7 Å². The number of amides is 1. The molecule has 2 aromatic rings. The largest absolute Gasteiger partial charge is 0.363 e. The number of ketones is 1. The lowest BCUT2D eigenvalue weighted by atomic mass is 10.1. The van der Waals surface area contributed by atoms with E-state index in [0.29, 0.717) is 5.56 Å². The highest BCUT2D eigenvalue weighted by atomic mass is 16.2. The minimum atomic E-state index is -0.925. The third-order valence-corrected chi connectivity index (χ3v) is 2.37. The number of para-hydroxylation sites is 1. The van der Waals surface area contributed by atoms with E-state index in [0.717, 1.165) is 10.9 Å². The Balaban J connectivity index is 2.72. The summed E-state index contributed by atoms with van der Waals surface area (Å²) in [5.74, 6) is -1.57. The van der Waals surface area contributed by atoms with Gasteiger partial charge in [0.15, 0.2) is 0 Å². The van der Waals surface area contributed by atoms with E-state index in [9.17, 15) is 9.59 Å². The molecule has 1 heterocycles. The Bertz CT molecular complexity index is 555. The van der Waals surface area contributed by atoms with Crippen LogP contribution in [0.15, 0.2) is 30.5 Å². The van der Waals surface area contributed by atoms with Crippen LogP contribution in [0.1, 0.15) is 10.4 Å². The predicted octanol–water partition coefficient (Wildman–Crippen LogP) is 0.846. The van der Waals surface area contributed by atoms with Crippen LogP contribution in [-0.2, 0) is 11.8 Å². The molecule has 15 heavy (non-hydrogen) atoms. The van der Waals surface area contributed by atoms with Crippen LogP contribution in [-0.4, -0.2) is 16.3 Å². The molecule has 0 saturated heterocycles. The van der Waals surface area contributed by atoms with Gasteiger partial charge in [0, 0.05) is 24.1 Å². The van der Waals surface area contributed by atoms with E-state index >= 15 is 0 Å². The Kier molecular flexibility index (Phi) is 2.04. The molecule has 2 N–H and O–H groups in total. The molecule has 1 aromatic heterocycles. The third-order valence-electron chi connectivity index (χ3n) is 2.37. The van der Waals surface area contributed by atoms with Gasteiger partial charge in [-0.05, 0) is 6.07 Å². The number of Topliss-reactive ketones (excluding diaryl/α,β-unsaturated/α-hetero) is 1. The zero-order valence-electron chi connectivity index (χ0n) is 8.23. The van der Waals surface area contributed by atoms with Crippen LogP contribution in [0.3, 0.4) is 0 Å². The summed E-state index contributed by atoms with van der Waals surface area (Å²) < 4.78 is 1.80. The summed E-state index contributed by atoms with van der Waals surface area (Å²) in [6.45, 7) is 0. The van der Waals surface area contributed by atoms with Crippen LogP contribution in [0.2, 0.25) is 0 Å². The maximum Gasteiger partial charge on any atom is 0.289 e. The van der Waals surface area contributed by atoms with Crippen molar-refractivity contribution in [2.45, 2.75) is 0 Å². The second-order valence-corrected chi connectivity index (χ2v) is 3.36. The molecule has 0 saturated carbocycles. The van der Waals surface area contributed by atoms with Gasteiger partial charge in [-0.1, -0.05) is 18.2 Å². The van der Waals surface area contributed by atoms with Crippen molar-refractivity contribution in [3.8, 4) is 0 Å². The van der Waals surface area contributed by atoms with Crippen molar-refractivity contribution in [1.29, 1.82) is 0 Å². The standard InChI is InChI=1S/C11H10N2O2/c1-13-6-8(10(14)11(12)15)7-4-2-3-5-9(7)13/h2-6H,1H3,(H2,12,15). The minimum absolute atomic E-state index is 0.362. The molecule has 1 aromatic carbocycles. The lowest BCUT2D eigenvalue weighted by Crippen LogP contribution is -2.22. The second-order valence-electron chi connectivity index (χ2n) is 3.36. The van der Waals surface area contributed by atoms with E-state index < -0.39 is 11.7 Å². The molecule has 2 rings (SSSR count). The third kappa shape index (κ3) is 1.40. The average Bonchev–Trinajstić information content (AvgIpc) is 2.56. The zero-order chi connectivity index (χ0) is 11.0. The normalized spacial score (nSPS) is 10.5. The summed E-state index contributed by atoms with van der Waals surface area (Å²) in [4.78, 5) is 22.3. The van der Waals surface area contributed by atoms with Crippen LogP contribution in [0.25, 0.3) is 10.9 Å². The van der Waals surface area contributed by atoms with Gasteiger partial charge in [0.1, 0.15) is 0 Å². The molecule has 0 aliphatic carbocycles. The van der Waals surface area contributed by atoms with Gasteiger partial charge in [-0.15, -0.1) is 0 Å². The number of carbonyl (C=O) groups is 2. The van der Waals surface area contributed by atoms with E-state index in [-0.39, 0.29) is 0 Å². The quantitative estimate of drug-likeness (QED) is 0.579. The molecule has 0 atom stereocenters. The van der Waals surface area contributed by atoms with Gasteiger partial charge in [0.2, 0.25) is 0 Å². The van der Waals surface area contributed by atoms with E-state index in [1.807, 2.05) is 25.2 Å². The Labute approximate surface area is 86.3 Å². The van der Waals surface area contributed by atoms with E-state index in [4.69, 9.17) is 5.73 Å². The number of fused-ring (bicyclic) bond motifs is 1. The smallest absolute Gasteiger partial charge is 0.289 e. The van der Waals surface area contributed by atoms with Crippen LogP contribution in [0.5, 0.6) is 0 Å². The van der Waals surface area contributed by atoms with Crippen molar-refractivity contribution in [2.24, 2.45) is 12.8 Å². The summed E-state index contributed by atoms with van der Waals surface area (Å²) in [7, 11) is 1.82. The minimum Gasteiger partial charge on any atom is -0.363 e. The SMILES string of the molecule is Cn1cc(C(=O)C(N)=O)c2ccccc21. The predicted molar refractivity (Wildman–Crippen MR) is 56.4 cm³/mol. The number of aryl methyl sites for hydroxylation is 1. The molecule has 4 nitrogen and oxygen atoms in total. The fraction of sp³-hybridized carbons (Fsp3) is 0.0909. The van der Waals surface area contributed by atoms with Gasteiger partial charge >= 0.3 is 0 Å². The van der Waals surface area contributed by atoms with Crippen molar-refractivity contribution in [2.75, 3.05) is 0 Å². The molecular formula is C11H10N2O2. The fourth-order valence-electron chi connectivity index (χ4n) is 1.66. The van der Waals surface area contributed by atoms with Crippen molar-refractivity contribution >= 4 is 22.6 Å². The number of nitrogens with two attached hydrogens (primary N) is 1. The number of hydrogen-bond acceptors (Lipinski definition) is 2. The van der Waals surface area contributed by atoms with E-state index in [1.54, 1.807) is 16.8 Å². The number of rotatable bonds is 2. The first kappa shape index (κ1) is 9.45. The lowest BCUT2D eigenvalue weighted by Gasteiger charge is -1.93. The van der Waals surface area contributed by atoms with E-state index in [1.165, 1.54) is 0 Å².